The van der Waals surface area contributed by atoms with Crippen molar-refractivity contribution in [2.45, 2.75) is 32.7 Å². The molecule has 1 aromatic carbocycles. The van der Waals surface area contributed by atoms with Crippen molar-refractivity contribution in [2.75, 3.05) is 13.2 Å². The van der Waals surface area contributed by atoms with Crippen LogP contribution in [0.15, 0.2) is 18.2 Å². The molecule has 1 aromatic rings. The number of ether oxygens (including phenoxy) is 1. The monoisotopic (exact) mass is 237 g/mol. The smallest absolute Gasteiger partial charge is 0.167 e. The van der Waals surface area contributed by atoms with Crippen LogP contribution in [0.5, 0.6) is 5.75 Å². The van der Waals surface area contributed by atoms with Crippen LogP contribution in [0, 0.1) is 18.7 Å². The van der Waals surface area contributed by atoms with Gasteiger partial charge in [-0.05, 0) is 31.4 Å². The summed E-state index contributed by atoms with van der Waals surface area (Å²) in [6.45, 7) is 5.36. The molecule has 1 fully saturated rings. The Labute approximate surface area is 102 Å². The molecule has 1 aliphatic carbocycles. The summed E-state index contributed by atoms with van der Waals surface area (Å²) in [7, 11) is 0. The summed E-state index contributed by atoms with van der Waals surface area (Å²) < 4.78 is 19.2. The second-order valence-corrected chi connectivity index (χ2v) is 4.99. The van der Waals surface area contributed by atoms with Gasteiger partial charge in [-0.2, -0.15) is 0 Å². The van der Waals surface area contributed by atoms with E-state index in [1.165, 1.54) is 12.8 Å². The maximum absolute atomic E-state index is 13.6. The van der Waals surface area contributed by atoms with Crippen molar-refractivity contribution in [3.8, 4) is 5.75 Å². The summed E-state index contributed by atoms with van der Waals surface area (Å²) in [4.78, 5) is 0. The normalized spacial score (nSPS) is 16.9. The molecule has 2 nitrogen and oxygen atoms in total. The van der Waals surface area contributed by atoms with Crippen molar-refractivity contribution < 1.29 is 9.13 Å². The zero-order valence-corrected chi connectivity index (χ0v) is 10.5. The van der Waals surface area contributed by atoms with Crippen LogP contribution in [-0.4, -0.2) is 19.2 Å². The highest BCUT2D eigenvalue weighted by Gasteiger charge is 2.21. The van der Waals surface area contributed by atoms with E-state index in [0.717, 1.165) is 6.54 Å². The largest absolute Gasteiger partial charge is 0.490 e. The number of benzene rings is 1. The van der Waals surface area contributed by atoms with Crippen LogP contribution in [0.4, 0.5) is 4.39 Å². The van der Waals surface area contributed by atoms with E-state index in [-0.39, 0.29) is 5.82 Å². The van der Waals surface area contributed by atoms with Gasteiger partial charge in [0.1, 0.15) is 0 Å². The molecule has 0 aliphatic heterocycles. The van der Waals surface area contributed by atoms with Gasteiger partial charge in [0.15, 0.2) is 11.6 Å². The molecule has 0 heterocycles. The number of hydrogen-bond donors (Lipinski definition) is 1. The third-order valence-electron chi connectivity index (χ3n) is 3.01. The van der Waals surface area contributed by atoms with E-state index in [0.29, 0.717) is 29.9 Å². The Balaban J connectivity index is 1.77. The Bertz CT molecular complexity index is 376. The van der Waals surface area contributed by atoms with Gasteiger partial charge in [0.25, 0.3) is 0 Å². The minimum Gasteiger partial charge on any atom is -0.490 e. The van der Waals surface area contributed by atoms with E-state index in [1.54, 1.807) is 19.1 Å². The molecule has 0 saturated heterocycles. The standard InChI is InChI=1S/C14H20FNO/c1-10(8-16-12-6-7-12)9-17-13-5-3-4-11(2)14(13)15/h3-5,10,12,16H,6-9H2,1-2H3. The minimum atomic E-state index is -0.241. The molecular weight excluding hydrogens is 217 g/mol. The lowest BCUT2D eigenvalue weighted by atomic mass is 10.2. The second-order valence-electron chi connectivity index (χ2n) is 4.99. The van der Waals surface area contributed by atoms with Gasteiger partial charge in [-0.25, -0.2) is 4.39 Å². The molecule has 1 N–H and O–H groups in total. The predicted octanol–water partition coefficient (Wildman–Crippen LogP) is 2.90. The molecule has 0 bridgehead atoms. The Hall–Kier alpha value is -1.09. The van der Waals surface area contributed by atoms with E-state index in [1.807, 2.05) is 6.07 Å². The lowest BCUT2D eigenvalue weighted by molar-refractivity contribution is 0.245. The summed E-state index contributed by atoms with van der Waals surface area (Å²) in [6, 6.07) is 5.97. The molecule has 0 spiro atoms. The first-order valence-corrected chi connectivity index (χ1v) is 6.28. The average Bonchev–Trinajstić information content (AvgIpc) is 3.12. The molecule has 1 atom stereocenters. The zero-order chi connectivity index (χ0) is 12.3. The van der Waals surface area contributed by atoms with E-state index >= 15 is 0 Å². The molecule has 0 radical (unpaired) electrons. The maximum atomic E-state index is 13.6. The lowest BCUT2D eigenvalue weighted by Crippen LogP contribution is -2.26. The van der Waals surface area contributed by atoms with Gasteiger partial charge in [0, 0.05) is 18.5 Å². The Morgan fingerprint density at radius 3 is 2.94 bits per heavy atom. The van der Waals surface area contributed by atoms with E-state index < -0.39 is 0 Å². The van der Waals surface area contributed by atoms with Crippen LogP contribution in [0.25, 0.3) is 0 Å². The Kier molecular flexibility index (Phi) is 4.00. The highest BCUT2D eigenvalue weighted by molar-refractivity contribution is 5.30. The van der Waals surface area contributed by atoms with Crippen LogP contribution in [0.2, 0.25) is 0 Å². The molecule has 3 heteroatoms. The van der Waals surface area contributed by atoms with E-state index in [4.69, 9.17) is 4.74 Å². The maximum Gasteiger partial charge on any atom is 0.167 e. The van der Waals surface area contributed by atoms with E-state index in [2.05, 4.69) is 12.2 Å². The molecule has 1 saturated carbocycles. The van der Waals surface area contributed by atoms with Crippen LogP contribution in [0.3, 0.4) is 0 Å². The van der Waals surface area contributed by atoms with Crippen molar-refractivity contribution in [2.24, 2.45) is 5.92 Å². The van der Waals surface area contributed by atoms with Gasteiger partial charge in [0.05, 0.1) is 6.61 Å². The molecule has 0 amide bonds. The second kappa shape index (κ2) is 5.50. The SMILES string of the molecule is Cc1cccc(OCC(C)CNC2CC2)c1F. The first kappa shape index (κ1) is 12.4. The molecule has 1 unspecified atom stereocenters. The first-order valence-electron chi connectivity index (χ1n) is 6.28. The lowest BCUT2D eigenvalue weighted by Gasteiger charge is -2.14. The van der Waals surface area contributed by atoms with Crippen molar-refractivity contribution in [3.05, 3.63) is 29.6 Å². The van der Waals surface area contributed by atoms with Gasteiger partial charge >= 0.3 is 0 Å². The fourth-order valence-corrected chi connectivity index (χ4v) is 1.68. The summed E-state index contributed by atoms with van der Waals surface area (Å²) in [5.41, 5.74) is 0.631. The van der Waals surface area contributed by atoms with Crippen LogP contribution < -0.4 is 10.1 Å². The van der Waals surface area contributed by atoms with Crippen LogP contribution in [0.1, 0.15) is 25.3 Å². The van der Waals surface area contributed by atoms with Gasteiger partial charge in [-0.3, -0.25) is 0 Å². The molecule has 94 valence electrons. The highest BCUT2D eigenvalue weighted by Crippen LogP contribution is 2.21. The number of aryl methyl sites for hydroxylation is 1. The van der Waals surface area contributed by atoms with Crippen LogP contribution in [-0.2, 0) is 0 Å². The van der Waals surface area contributed by atoms with Gasteiger partial charge in [-0.1, -0.05) is 19.1 Å². The van der Waals surface area contributed by atoms with Gasteiger partial charge in [0.2, 0.25) is 0 Å². The molecule has 17 heavy (non-hydrogen) atoms. The highest BCUT2D eigenvalue weighted by atomic mass is 19.1. The summed E-state index contributed by atoms with van der Waals surface area (Å²) in [5.74, 6) is 0.522. The fraction of sp³-hybridized carbons (Fsp3) is 0.571. The third kappa shape index (κ3) is 3.70. The summed E-state index contributed by atoms with van der Waals surface area (Å²) in [5, 5.41) is 3.44. The number of nitrogens with one attached hydrogen (secondary N) is 1. The summed E-state index contributed by atoms with van der Waals surface area (Å²) >= 11 is 0. The Morgan fingerprint density at radius 1 is 1.47 bits per heavy atom. The molecular formula is C14H20FNO. The van der Waals surface area contributed by atoms with Crippen molar-refractivity contribution in [3.63, 3.8) is 0 Å². The molecule has 2 rings (SSSR count). The number of rotatable bonds is 6. The number of hydrogen-bond acceptors (Lipinski definition) is 2. The zero-order valence-electron chi connectivity index (χ0n) is 10.5. The topological polar surface area (TPSA) is 21.3 Å². The third-order valence-corrected chi connectivity index (χ3v) is 3.01. The van der Waals surface area contributed by atoms with Crippen molar-refractivity contribution >= 4 is 0 Å². The average molecular weight is 237 g/mol. The van der Waals surface area contributed by atoms with Crippen molar-refractivity contribution in [1.29, 1.82) is 0 Å². The summed E-state index contributed by atoms with van der Waals surface area (Å²) in [6.07, 6.45) is 2.58. The predicted molar refractivity (Wildman–Crippen MR) is 66.8 cm³/mol. The fourth-order valence-electron chi connectivity index (χ4n) is 1.68. The van der Waals surface area contributed by atoms with Crippen LogP contribution >= 0.6 is 0 Å². The van der Waals surface area contributed by atoms with E-state index in [9.17, 15) is 4.39 Å². The molecule has 1 aliphatic rings. The number of halogens is 1. The quantitative estimate of drug-likeness (QED) is 0.821. The Morgan fingerprint density at radius 2 is 2.24 bits per heavy atom. The molecule has 0 aromatic heterocycles. The first-order chi connectivity index (χ1) is 8.16. The minimum absolute atomic E-state index is 0.241. The van der Waals surface area contributed by atoms with Gasteiger partial charge in [-0.15, -0.1) is 0 Å². The van der Waals surface area contributed by atoms with Gasteiger partial charge < -0.3 is 10.1 Å². The van der Waals surface area contributed by atoms with Crippen molar-refractivity contribution in [1.82, 2.24) is 5.32 Å².